The minimum Gasteiger partial charge on any atom is -0.368 e. The van der Waals surface area contributed by atoms with Crippen molar-refractivity contribution in [2.45, 2.75) is 10.6 Å². The van der Waals surface area contributed by atoms with Gasteiger partial charge in [-0.15, -0.1) is 11.8 Å². The van der Waals surface area contributed by atoms with Gasteiger partial charge < -0.3 is 5.73 Å². The molecule has 2 aromatic rings. The Kier molecular flexibility index (Phi) is 3.31. The number of anilines is 1. The lowest BCUT2D eigenvalue weighted by atomic mass is 10.4. The lowest BCUT2D eigenvalue weighted by Gasteiger charge is -2.00. The van der Waals surface area contributed by atoms with E-state index in [1.54, 1.807) is 12.1 Å². The molecule has 1 heterocycles. The number of nitrogens with zero attached hydrogens (tertiary/aromatic N) is 3. The quantitative estimate of drug-likeness (QED) is 0.824. The molecule has 4 nitrogen and oxygen atoms in total. The van der Waals surface area contributed by atoms with Gasteiger partial charge in [-0.2, -0.15) is 4.98 Å². The molecule has 1 aromatic carbocycles. The van der Waals surface area contributed by atoms with Gasteiger partial charge in [0.25, 0.3) is 0 Å². The molecule has 0 bridgehead atoms. The first kappa shape index (κ1) is 10.8. The predicted octanol–water partition coefficient (Wildman–Crippen LogP) is 1.89. The molecule has 16 heavy (non-hydrogen) atoms. The average Bonchev–Trinajstić information content (AvgIpc) is 2.28. The van der Waals surface area contributed by atoms with Gasteiger partial charge in [-0.1, -0.05) is 0 Å². The van der Waals surface area contributed by atoms with Crippen molar-refractivity contribution in [1.29, 1.82) is 0 Å². The van der Waals surface area contributed by atoms with Crippen LogP contribution in [0.1, 0.15) is 5.82 Å². The van der Waals surface area contributed by atoms with Gasteiger partial charge in [-0.3, -0.25) is 0 Å². The van der Waals surface area contributed by atoms with Gasteiger partial charge in [0.05, 0.1) is 5.75 Å². The summed E-state index contributed by atoms with van der Waals surface area (Å²) in [4.78, 5) is 12.6. The van der Waals surface area contributed by atoms with Crippen molar-refractivity contribution in [2.75, 3.05) is 5.73 Å². The maximum Gasteiger partial charge on any atom is 0.223 e. The van der Waals surface area contributed by atoms with E-state index < -0.39 is 0 Å². The average molecular weight is 236 g/mol. The van der Waals surface area contributed by atoms with Crippen LogP contribution in [-0.2, 0) is 5.75 Å². The first-order valence-electron chi connectivity index (χ1n) is 4.56. The van der Waals surface area contributed by atoms with Crippen LogP contribution in [0.2, 0.25) is 0 Å². The van der Waals surface area contributed by atoms with Crippen LogP contribution in [-0.4, -0.2) is 15.0 Å². The summed E-state index contributed by atoms with van der Waals surface area (Å²) in [6.45, 7) is 0. The molecule has 0 aliphatic heterocycles. The zero-order valence-corrected chi connectivity index (χ0v) is 9.12. The van der Waals surface area contributed by atoms with Crippen LogP contribution in [0.3, 0.4) is 0 Å². The molecule has 6 heteroatoms. The number of hydrogen-bond donors (Lipinski definition) is 1. The summed E-state index contributed by atoms with van der Waals surface area (Å²) in [7, 11) is 0. The van der Waals surface area contributed by atoms with Gasteiger partial charge >= 0.3 is 0 Å². The Hall–Kier alpha value is -1.69. The second-order valence-electron chi connectivity index (χ2n) is 3.00. The zero-order chi connectivity index (χ0) is 11.4. The van der Waals surface area contributed by atoms with Crippen molar-refractivity contribution in [2.24, 2.45) is 0 Å². The molecular formula is C10H9FN4S. The molecule has 0 amide bonds. The smallest absolute Gasteiger partial charge is 0.223 e. The van der Waals surface area contributed by atoms with Crippen molar-refractivity contribution in [3.8, 4) is 0 Å². The summed E-state index contributed by atoms with van der Waals surface area (Å²) in [5, 5.41) is 0. The van der Waals surface area contributed by atoms with Crippen molar-refractivity contribution in [1.82, 2.24) is 15.0 Å². The molecule has 0 aliphatic carbocycles. The third kappa shape index (κ3) is 2.90. The second-order valence-corrected chi connectivity index (χ2v) is 4.05. The largest absolute Gasteiger partial charge is 0.368 e. The highest BCUT2D eigenvalue weighted by atomic mass is 32.2. The number of aromatic nitrogens is 3. The number of halogens is 1. The van der Waals surface area contributed by atoms with E-state index in [9.17, 15) is 4.39 Å². The zero-order valence-electron chi connectivity index (χ0n) is 8.30. The summed E-state index contributed by atoms with van der Waals surface area (Å²) in [5.74, 6) is 1.17. The topological polar surface area (TPSA) is 64.7 Å². The predicted molar refractivity (Wildman–Crippen MR) is 60.2 cm³/mol. The summed E-state index contributed by atoms with van der Waals surface area (Å²) in [6, 6.07) is 6.27. The number of nitrogens with two attached hydrogens (primary N) is 1. The normalized spacial score (nSPS) is 10.3. The van der Waals surface area contributed by atoms with Crippen LogP contribution in [0, 0.1) is 5.82 Å². The van der Waals surface area contributed by atoms with E-state index in [1.807, 2.05) is 0 Å². The molecule has 1 aromatic heterocycles. The number of benzene rings is 1. The number of hydrogen-bond acceptors (Lipinski definition) is 5. The molecule has 0 fully saturated rings. The monoisotopic (exact) mass is 236 g/mol. The first-order chi connectivity index (χ1) is 7.74. The SMILES string of the molecule is Nc1ncnc(CSc2ccc(F)cc2)n1. The Morgan fingerprint density at radius 3 is 2.62 bits per heavy atom. The van der Waals surface area contributed by atoms with E-state index in [0.717, 1.165) is 4.90 Å². The Balaban J connectivity index is 1.99. The molecule has 0 unspecified atom stereocenters. The van der Waals surface area contributed by atoms with E-state index >= 15 is 0 Å². The molecule has 0 radical (unpaired) electrons. The second kappa shape index (κ2) is 4.89. The lowest BCUT2D eigenvalue weighted by Crippen LogP contribution is -2.00. The highest BCUT2D eigenvalue weighted by molar-refractivity contribution is 7.98. The summed E-state index contributed by atoms with van der Waals surface area (Å²) in [5.41, 5.74) is 5.43. The van der Waals surface area contributed by atoms with Crippen molar-refractivity contribution < 1.29 is 4.39 Å². The van der Waals surface area contributed by atoms with E-state index in [2.05, 4.69) is 15.0 Å². The van der Waals surface area contributed by atoms with Gasteiger partial charge in [0, 0.05) is 4.90 Å². The van der Waals surface area contributed by atoms with E-state index in [-0.39, 0.29) is 11.8 Å². The van der Waals surface area contributed by atoms with Gasteiger partial charge in [0.1, 0.15) is 18.0 Å². The van der Waals surface area contributed by atoms with E-state index in [4.69, 9.17) is 5.73 Å². The van der Waals surface area contributed by atoms with Crippen LogP contribution < -0.4 is 5.73 Å². The Bertz CT molecular complexity index is 475. The summed E-state index contributed by atoms with van der Waals surface area (Å²) >= 11 is 1.52. The third-order valence-corrected chi connectivity index (χ3v) is 2.83. The fourth-order valence-electron chi connectivity index (χ4n) is 1.09. The molecule has 0 atom stereocenters. The fraction of sp³-hybridized carbons (Fsp3) is 0.100. The van der Waals surface area contributed by atoms with E-state index in [0.29, 0.717) is 11.6 Å². The number of rotatable bonds is 3. The summed E-state index contributed by atoms with van der Waals surface area (Å²) < 4.78 is 12.6. The molecule has 82 valence electrons. The molecule has 2 rings (SSSR count). The molecule has 0 aliphatic rings. The number of nitrogen functional groups attached to an aromatic ring is 1. The van der Waals surface area contributed by atoms with Crippen LogP contribution in [0.5, 0.6) is 0 Å². The first-order valence-corrected chi connectivity index (χ1v) is 5.54. The molecule has 0 spiro atoms. The minimum absolute atomic E-state index is 0.213. The third-order valence-electron chi connectivity index (χ3n) is 1.82. The molecular weight excluding hydrogens is 227 g/mol. The Labute approximate surface area is 96.1 Å². The minimum atomic E-state index is -0.242. The standard InChI is InChI=1S/C10H9FN4S/c11-7-1-3-8(4-2-7)16-5-9-13-6-14-10(12)15-9/h1-4,6H,5H2,(H2,12,13,14,15). The Morgan fingerprint density at radius 2 is 1.94 bits per heavy atom. The molecule has 2 N–H and O–H groups in total. The Morgan fingerprint density at radius 1 is 1.19 bits per heavy atom. The van der Waals surface area contributed by atoms with Crippen molar-refractivity contribution in [3.05, 3.63) is 42.2 Å². The maximum absolute atomic E-state index is 12.6. The van der Waals surface area contributed by atoms with Gasteiger partial charge in [-0.25, -0.2) is 14.4 Å². The van der Waals surface area contributed by atoms with Gasteiger partial charge in [0.2, 0.25) is 5.95 Å². The summed E-state index contributed by atoms with van der Waals surface area (Å²) in [6.07, 6.45) is 1.38. The van der Waals surface area contributed by atoms with Crippen LogP contribution in [0.4, 0.5) is 10.3 Å². The van der Waals surface area contributed by atoms with Gasteiger partial charge in [-0.05, 0) is 24.3 Å². The molecule has 0 saturated carbocycles. The van der Waals surface area contributed by atoms with Crippen molar-refractivity contribution in [3.63, 3.8) is 0 Å². The highest BCUT2D eigenvalue weighted by Gasteiger charge is 2.00. The van der Waals surface area contributed by atoms with Gasteiger partial charge in [0.15, 0.2) is 0 Å². The van der Waals surface area contributed by atoms with E-state index in [1.165, 1.54) is 30.2 Å². The van der Waals surface area contributed by atoms with Crippen molar-refractivity contribution >= 4 is 17.7 Å². The van der Waals surface area contributed by atoms with Crippen LogP contribution in [0.15, 0.2) is 35.5 Å². The van der Waals surface area contributed by atoms with Crippen LogP contribution >= 0.6 is 11.8 Å². The molecule has 0 saturated heterocycles. The number of thioether (sulfide) groups is 1. The highest BCUT2D eigenvalue weighted by Crippen LogP contribution is 2.21. The van der Waals surface area contributed by atoms with Crippen LogP contribution in [0.25, 0.3) is 0 Å². The maximum atomic E-state index is 12.6. The lowest BCUT2D eigenvalue weighted by molar-refractivity contribution is 0.626. The fourth-order valence-corrected chi connectivity index (χ4v) is 1.86.